The highest BCUT2D eigenvalue weighted by Crippen LogP contribution is 2.26. The zero-order chi connectivity index (χ0) is 17.3. The van der Waals surface area contributed by atoms with Gasteiger partial charge in [-0.25, -0.2) is 0 Å². The molecule has 0 atom stereocenters. The van der Waals surface area contributed by atoms with Crippen molar-refractivity contribution in [1.29, 1.82) is 0 Å². The van der Waals surface area contributed by atoms with Crippen LogP contribution in [0.2, 0.25) is 5.02 Å². The molecule has 6 heteroatoms. The minimum atomic E-state index is -0.410. The van der Waals surface area contributed by atoms with Crippen LogP contribution in [0.3, 0.4) is 0 Å². The summed E-state index contributed by atoms with van der Waals surface area (Å²) in [5.41, 5.74) is 1.38. The Balaban J connectivity index is 1.68. The first-order chi connectivity index (χ1) is 11.5. The zero-order valence-electron chi connectivity index (χ0n) is 13.0. The third-order valence-electron chi connectivity index (χ3n) is 4.00. The van der Waals surface area contributed by atoms with Crippen molar-refractivity contribution >= 4 is 35.0 Å². The van der Waals surface area contributed by atoms with Crippen LogP contribution in [0.1, 0.15) is 27.1 Å². The van der Waals surface area contributed by atoms with Gasteiger partial charge in [0.2, 0.25) is 5.91 Å². The summed E-state index contributed by atoms with van der Waals surface area (Å²) in [6.45, 7) is 0.0416. The SMILES string of the molecule is CN(C(=O)CCN1C(=O)c2ccc(Cl)cc2C1=O)c1ccccc1. The predicted octanol–water partition coefficient (Wildman–Crippen LogP) is 2.99. The molecule has 122 valence electrons. The maximum absolute atomic E-state index is 12.3. The maximum atomic E-state index is 12.3. The second kappa shape index (κ2) is 6.45. The van der Waals surface area contributed by atoms with Crippen LogP contribution in [-0.4, -0.2) is 36.2 Å². The lowest BCUT2D eigenvalue weighted by atomic mass is 10.1. The summed E-state index contributed by atoms with van der Waals surface area (Å²) in [4.78, 5) is 39.5. The molecule has 0 radical (unpaired) electrons. The Labute approximate surface area is 144 Å². The van der Waals surface area contributed by atoms with Crippen LogP contribution in [0, 0.1) is 0 Å². The number of nitrogens with zero attached hydrogens (tertiary/aromatic N) is 2. The Morgan fingerprint density at radius 1 is 1.04 bits per heavy atom. The minimum Gasteiger partial charge on any atom is -0.315 e. The van der Waals surface area contributed by atoms with Gasteiger partial charge in [0.1, 0.15) is 0 Å². The number of benzene rings is 2. The molecule has 3 amide bonds. The number of carbonyl (C=O) groups is 3. The normalized spacial score (nSPS) is 13.2. The number of para-hydroxylation sites is 1. The van der Waals surface area contributed by atoms with Crippen LogP contribution in [0.4, 0.5) is 5.69 Å². The molecule has 3 rings (SSSR count). The number of hydrogen-bond acceptors (Lipinski definition) is 3. The van der Waals surface area contributed by atoms with Crippen LogP contribution in [0.5, 0.6) is 0 Å². The van der Waals surface area contributed by atoms with E-state index in [0.717, 1.165) is 10.6 Å². The molecule has 0 spiro atoms. The predicted molar refractivity (Wildman–Crippen MR) is 91.3 cm³/mol. The van der Waals surface area contributed by atoms with Crippen molar-refractivity contribution in [1.82, 2.24) is 4.90 Å². The summed E-state index contributed by atoms with van der Waals surface area (Å²) in [5, 5.41) is 0.400. The number of fused-ring (bicyclic) bond motifs is 1. The smallest absolute Gasteiger partial charge is 0.261 e. The van der Waals surface area contributed by atoms with Crippen molar-refractivity contribution in [2.75, 3.05) is 18.5 Å². The molecule has 0 fully saturated rings. The first-order valence-corrected chi connectivity index (χ1v) is 7.84. The van der Waals surface area contributed by atoms with Crippen LogP contribution < -0.4 is 4.90 Å². The minimum absolute atomic E-state index is 0.0416. The highest BCUT2D eigenvalue weighted by Gasteiger charge is 2.35. The lowest BCUT2D eigenvalue weighted by Gasteiger charge is -2.19. The van der Waals surface area contributed by atoms with Gasteiger partial charge in [-0.15, -0.1) is 0 Å². The Hall–Kier alpha value is -2.66. The number of anilines is 1. The monoisotopic (exact) mass is 342 g/mol. The second-order valence-electron chi connectivity index (χ2n) is 5.49. The number of carbonyl (C=O) groups excluding carboxylic acids is 3. The van der Waals surface area contributed by atoms with Crippen LogP contribution in [0.15, 0.2) is 48.5 Å². The van der Waals surface area contributed by atoms with Gasteiger partial charge < -0.3 is 4.90 Å². The largest absolute Gasteiger partial charge is 0.315 e. The molecule has 0 N–H and O–H groups in total. The number of hydrogen-bond donors (Lipinski definition) is 0. The molecule has 1 heterocycles. The Bertz CT molecular complexity index is 820. The van der Waals surface area contributed by atoms with Gasteiger partial charge in [-0.1, -0.05) is 29.8 Å². The Morgan fingerprint density at radius 3 is 2.42 bits per heavy atom. The lowest BCUT2D eigenvalue weighted by Crippen LogP contribution is -2.35. The van der Waals surface area contributed by atoms with E-state index in [-0.39, 0.29) is 30.3 Å². The second-order valence-corrected chi connectivity index (χ2v) is 5.93. The fourth-order valence-electron chi connectivity index (χ4n) is 2.64. The van der Waals surface area contributed by atoms with Gasteiger partial charge in [-0.3, -0.25) is 19.3 Å². The van der Waals surface area contributed by atoms with Crippen LogP contribution in [-0.2, 0) is 4.79 Å². The third-order valence-corrected chi connectivity index (χ3v) is 4.23. The van der Waals surface area contributed by atoms with E-state index in [1.165, 1.54) is 17.0 Å². The van der Waals surface area contributed by atoms with E-state index < -0.39 is 5.91 Å². The van der Waals surface area contributed by atoms with Gasteiger partial charge in [0.25, 0.3) is 11.8 Å². The van der Waals surface area contributed by atoms with Crippen molar-refractivity contribution in [3.8, 4) is 0 Å². The molecule has 1 aliphatic rings. The highest BCUT2D eigenvalue weighted by molar-refractivity contribution is 6.32. The molecule has 0 bridgehead atoms. The summed E-state index contributed by atoms with van der Waals surface area (Å²) in [6.07, 6.45) is 0.0601. The Kier molecular flexibility index (Phi) is 4.36. The van der Waals surface area contributed by atoms with Gasteiger partial charge >= 0.3 is 0 Å². The molecule has 5 nitrogen and oxygen atoms in total. The molecule has 0 saturated heterocycles. The third kappa shape index (κ3) is 2.90. The van der Waals surface area contributed by atoms with Gasteiger partial charge in [0.15, 0.2) is 0 Å². The van der Waals surface area contributed by atoms with E-state index in [4.69, 9.17) is 11.6 Å². The number of imide groups is 1. The van der Waals surface area contributed by atoms with Crippen molar-refractivity contribution < 1.29 is 14.4 Å². The van der Waals surface area contributed by atoms with Crippen molar-refractivity contribution in [3.63, 3.8) is 0 Å². The van der Waals surface area contributed by atoms with Gasteiger partial charge in [-0.05, 0) is 30.3 Å². The van der Waals surface area contributed by atoms with Crippen molar-refractivity contribution in [2.24, 2.45) is 0 Å². The summed E-state index contributed by atoms with van der Waals surface area (Å²) in [5.74, 6) is -0.967. The lowest BCUT2D eigenvalue weighted by molar-refractivity contribution is -0.118. The van der Waals surface area contributed by atoms with Gasteiger partial charge in [-0.2, -0.15) is 0 Å². The highest BCUT2D eigenvalue weighted by atomic mass is 35.5. The van der Waals surface area contributed by atoms with Crippen molar-refractivity contribution in [3.05, 3.63) is 64.7 Å². The summed E-state index contributed by atoms with van der Waals surface area (Å²) in [7, 11) is 1.67. The topological polar surface area (TPSA) is 57.7 Å². The first kappa shape index (κ1) is 16.2. The molecular weight excluding hydrogens is 328 g/mol. The number of rotatable bonds is 4. The van der Waals surface area contributed by atoms with E-state index in [1.807, 2.05) is 30.3 Å². The van der Waals surface area contributed by atoms with Crippen molar-refractivity contribution in [2.45, 2.75) is 6.42 Å². The molecule has 2 aromatic rings. The molecule has 2 aromatic carbocycles. The summed E-state index contributed by atoms with van der Waals surface area (Å²) < 4.78 is 0. The average molecular weight is 343 g/mol. The van der Waals surface area contributed by atoms with Crippen LogP contribution >= 0.6 is 11.6 Å². The quantitative estimate of drug-likeness (QED) is 0.803. The summed E-state index contributed by atoms with van der Waals surface area (Å²) >= 11 is 5.88. The van der Waals surface area contributed by atoms with Gasteiger partial charge in [0, 0.05) is 30.7 Å². The van der Waals surface area contributed by atoms with E-state index in [1.54, 1.807) is 13.1 Å². The zero-order valence-corrected chi connectivity index (χ0v) is 13.8. The fourth-order valence-corrected chi connectivity index (χ4v) is 2.81. The standard InChI is InChI=1S/C18H15ClN2O3/c1-20(13-5-3-2-4-6-13)16(22)9-10-21-17(23)14-8-7-12(19)11-15(14)18(21)24/h2-8,11H,9-10H2,1H3. The van der Waals surface area contributed by atoms with Gasteiger partial charge in [0.05, 0.1) is 11.1 Å². The Morgan fingerprint density at radius 2 is 1.71 bits per heavy atom. The molecule has 24 heavy (non-hydrogen) atoms. The van der Waals surface area contributed by atoms with E-state index in [9.17, 15) is 14.4 Å². The molecule has 0 aliphatic carbocycles. The summed E-state index contributed by atoms with van der Waals surface area (Å²) in [6, 6.07) is 13.8. The first-order valence-electron chi connectivity index (χ1n) is 7.46. The van der Waals surface area contributed by atoms with Crippen LogP contribution in [0.25, 0.3) is 0 Å². The molecular formula is C18H15ClN2O3. The number of amides is 3. The maximum Gasteiger partial charge on any atom is 0.261 e. The van der Waals surface area contributed by atoms with E-state index in [2.05, 4.69) is 0 Å². The fraction of sp³-hybridized carbons (Fsp3) is 0.167. The average Bonchev–Trinajstić information content (AvgIpc) is 2.83. The van der Waals surface area contributed by atoms with E-state index in [0.29, 0.717) is 10.6 Å². The molecule has 0 aromatic heterocycles. The number of halogens is 1. The molecule has 0 unspecified atom stereocenters. The van der Waals surface area contributed by atoms with E-state index >= 15 is 0 Å². The molecule has 0 saturated carbocycles. The molecule has 1 aliphatic heterocycles.